The number of hydrogen-bond acceptors (Lipinski definition) is 1. The van der Waals surface area contributed by atoms with Crippen LogP contribution in [0.25, 0.3) is 0 Å². The van der Waals surface area contributed by atoms with Gasteiger partial charge in [-0.05, 0) is 32.4 Å². The highest BCUT2D eigenvalue weighted by molar-refractivity contribution is 6.11. The molecular formula is C9H21NSi. The maximum atomic E-state index is 2.70. The highest BCUT2D eigenvalue weighted by Crippen LogP contribution is 2.23. The first-order valence-electron chi connectivity index (χ1n) is 4.90. The fourth-order valence-corrected chi connectivity index (χ4v) is 3.48. The molecule has 1 aliphatic heterocycles. The second kappa shape index (κ2) is 3.72. The molecule has 0 aromatic heterocycles. The van der Waals surface area contributed by atoms with Crippen LogP contribution in [0.3, 0.4) is 0 Å². The minimum Gasteiger partial charge on any atom is -0.299 e. The van der Waals surface area contributed by atoms with Crippen molar-refractivity contribution in [1.29, 1.82) is 0 Å². The molecule has 3 atom stereocenters. The Morgan fingerprint density at radius 3 is 2.00 bits per heavy atom. The summed E-state index contributed by atoms with van der Waals surface area (Å²) in [4.78, 5) is 2.70. The lowest BCUT2D eigenvalue weighted by atomic mass is 9.98. The fourth-order valence-electron chi connectivity index (χ4n) is 2.46. The summed E-state index contributed by atoms with van der Waals surface area (Å²) in [5, 5.41) is 0. The van der Waals surface area contributed by atoms with E-state index < -0.39 is 0 Å². The molecule has 1 heterocycles. The summed E-state index contributed by atoms with van der Waals surface area (Å²) in [6.45, 7) is 7.12. The predicted molar refractivity (Wildman–Crippen MR) is 54.0 cm³/mol. The van der Waals surface area contributed by atoms with Crippen LogP contribution in [0.2, 0.25) is 0 Å². The van der Waals surface area contributed by atoms with E-state index in [0.717, 1.165) is 17.7 Å². The summed E-state index contributed by atoms with van der Waals surface area (Å²) in [5.74, 6) is 0. The zero-order valence-corrected chi connectivity index (χ0v) is 10.3. The van der Waals surface area contributed by atoms with E-state index in [1.807, 2.05) is 0 Å². The summed E-state index contributed by atoms with van der Waals surface area (Å²) in [6, 6.07) is 1.68. The standard InChI is InChI=1S/C9H21NSi/c1-7-5-4-6-8(2)10(7)9(3)11/h7-9H,4-6H2,1-3,11H3. The number of hydrogen-bond donors (Lipinski definition) is 0. The molecule has 0 N–H and O–H groups in total. The Kier molecular flexibility index (Phi) is 3.13. The molecule has 1 rings (SSSR count). The van der Waals surface area contributed by atoms with Crippen molar-refractivity contribution in [1.82, 2.24) is 4.90 Å². The quantitative estimate of drug-likeness (QED) is 0.531. The minimum atomic E-state index is 0.839. The van der Waals surface area contributed by atoms with Gasteiger partial charge in [-0.3, -0.25) is 4.90 Å². The maximum Gasteiger partial charge on any atom is 0.0241 e. The molecule has 0 aromatic carbocycles. The SMILES string of the molecule is CC([SiH3])N1C(C)CCCC1C. The molecule has 0 radical (unpaired) electrons. The van der Waals surface area contributed by atoms with Crippen LogP contribution in [-0.4, -0.2) is 32.9 Å². The molecule has 3 unspecified atom stereocenters. The van der Waals surface area contributed by atoms with Crippen molar-refractivity contribution < 1.29 is 0 Å². The Bertz CT molecular complexity index is 115. The van der Waals surface area contributed by atoms with E-state index in [4.69, 9.17) is 0 Å². The molecule has 0 amide bonds. The largest absolute Gasteiger partial charge is 0.299 e. The van der Waals surface area contributed by atoms with E-state index >= 15 is 0 Å². The molecule has 0 aliphatic carbocycles. The van der Waals surface area contributed by atoms with Gasteiger partial charge in [-0.2, -0.15) is 0 Å². The van der Waals surface area contributed by atoms with E-state index in [1.54, 1.807) is 0 Å². The lowest BCUT2D eigenvalue weighted by molar-refractivity contribution is 0.0942. The first-order valence-corrected chi connectivity index (χ1v) is 6.06. The predicted octanol–water partition coefficient (Wildman–Crippen LogP) is 0.961. The van der Waals surface area contributed by atoms with E-state index in [9.17, 15) is 0 Å². The Labute approximate surface area is 73.6 Å². The Hall–Kier alpha value is 0.177. The Morgan fingerprint density at radius 1 is 1.27 bits per heavy atom. The molecule has 11 heavy (non-hydrogen) atoms. The second-order valence-corrected chi connectivity index (χ2v) is 5.84. The van der Waals surface area contributed by atoms with Crippen LogP contribution in [0.1, 0.15) is 40.0 Å². The van der Waals surface area contributed by atoms with Crippen LogP contribution in [-0.2, 0) is 0 Å². The van der Waals surface area contributed by atoms with Crippen LogP contribution in [0.15, 0.2) is 0 Å². The van der Waals surface area contributed by atoms with Gasteiger partial charge >= 0.3 is 0 Å². The lowest BCUT2D eigenvalue weighted by Crippen LogP contribution is -2.48. The number of nitrogens with zero attached hydrogens (tertiary/aromatic N) is 1. The van der Waals surface area contributed by atoms with E-state index in [-0.39, 0.29) is 0 Å². The molecule has 66 valence electrons. The number of piperidine rings is 1. The van der Waals surface area contributed by atoms with Gasteiger partial charge in [-0.25, -0.2) is 0 Å². The zero-order valence-electron chi connectivity index (χ0n) is 8.30. The third kappa shape index (κ3) is 2.06. The van der Waals surface area contributed by atoms with Crippen LogP contribution in [0, 0.1) is 0 Å². The molecule has 1 saturated heterocycles. The van der Waals surface area contributed by atoms with Gasteiger partial charge in [0.2, 0.25) is 0 Å². The molecular weight excluding hydrogens is 150 g/mol. The zero-order chi connectivity index (χ0) is 8.43. The number of likely N-dealkylation sites (tertiary alicyclic amines) is 1. The van der Waals surface area contributed by atoms with Crippen molar-refractivity contribution in [3.8, 4) is 0 Å². The first kappa shape index (κ1) is 9.27. The third-order valence-corrected chi connectivity index (χ3v) is 3.45. The highest BCUT2D eigenvalue weighted by atomic mass is 28.1. The van der Waals surface area contributed by atoms with Gasteiger partial charge in [0.1, 0.15) is 0 Å². The topological polar surface area (TPSA) is 3.24 Å². The summed E-state index contributed by atoms with van der Waals surface area (Å²) >= 11 is 0. The summed E-state index contributed by atoms with van der Waals surface area (Å²) in [6.07, 6.45) is 4.26. The smallest absolute Gasteiger partial charge is 0.0241 e. The van der Waals surface area contributed by atoms with Crippen molar-refractivity contribution in [2.24, 2.45) is 0 Å². The van der Waals surface area contributed by atoms with Crippen molar-refractivity contribution in [2.75, 3.05) is 0 Å². The monoisotopic (exact) mass is 171 g/mol. The van der Waals surface area contributed by atoms with Crippen LogP contribution in [0.4, 0.5) is 0 Å². The van der Waals surface area contributed by atoms with E-state index in [1.165, 1.54) is 29.5 Å². The minimum absolute atomic E-state index is 0.839. The normalized spacial score (nSPS) is 37.4. The first-order chi connectivity index (χ1) is 5.13. The van der Waals surface area contributed by atoms with Crippen LogP contribution >= 0.6 is 0 Å². The number of rotatable bonds is 1. The third-order valence-electron chi connectivity index (χ3n) is 2.86. The average molecular weight is 171 g/mol. The second-order valence-electron chi connectivity index (χ2n) is 4.17. The van der Waals surface area contributed by atoms with Gasteiger partial charge in [0, 0.05) is 22.3 Å². The summed E-state index contributed by atoms with van der Waals surface area (Å²) < 4.78 is 0. The van der Waals surface area contributed by atoms with Gasteiger partial charge < -0.3 is 0 Å². The molecule has 1 aliphatic rings. The van der Waals surface area contributed by atoms with Crippen LogP contribution < -0.4 is 0 Å². The van der Waals surface area contributed by atoms with Gasteiger partial charge in [0.15, 0.2) is 0 Å². The molecule has 0 saturated carbocycles. The Morgan fingerprint density at radius 2 is 1.73 bits per heavy atom. The van der Waals surface area contributed by atoms with E-state index in [0.29, 0.717) is 0 Å². The fraction of sp³-hybridized carbons (Fsp3) is 1.00. The maximum absolute atomic E-state index is 2.70. The van der Waals surface area contributed by atoms with Crippen molar-refractivity contribution in [2.45, 2.75) is 57.8 Å². The lowest BCUT2D eigenvalue weighted by Gasteiger charge is -2.42. The summed E-state index contributed by atoms with van der Waals surface area (Å²) in [5.41, 5.74) is 0.861. The summed E-state index contributed by atoms with van der Waals surface area (Å²) in [7, 11) is 1.31. The van der Waals surface area contributed by atoms with Gasteiger partial charge in [0.05, 0.1) is 0 Å². The Balaban J connectivity index is 2.55. The molecule has 0 spiro atoms. The highest BCUT2D eigenvalue weighted by Gasteiger charge is 2.25. The van der Waals surface area contributed by atoms with Gasteiger partial charge in [0.25, 0.3) is 0 Å². The molecule has 2 heteroatoms. The van der Waals surface area contributed by atoms with Crippen molar-refractivity contribution in [3.63, 3.8) is 0 Å². The van der Waals surface area contributed by atoms with Gasteiger partial charge in [-0.1, -0.05) is 13.3 Å². The van der Waals surface area contributed by atoms with Gasteiger partial charge in [-0.15, -0.1) is 0 Å². The van der Waals surface area contributed by atoms with Crippen LogP contribution in [0.5, 0.6) is 0 Å². The average Bonchev–Trinajstić information content (AvgIpc) is 1.85. The molecule has 0 bridgehead atoms. The van der Waals surface area contributed by atoms with Crippen molar-refractivity contribution >= 4 is 10.2 Å². The molecule has 1 fully saturated rings. The van der Waals surface area contributed by atoms with Crippen molar-refractivity contribution in [3.05, 3.63) is 0 Å². The van der Waals surface area contributed by atoms with E-state index in [2.05, 4.69) is 25.7 Å². The molecule has 0 aromatic rings. The molecule has 1 nitrogen and oxygen atoms in total.